The minimum atomic E-state index is -3.44. The van der Waals surface area contributed by atoms with Crippen LogP contribution in [0.5, 0.6) is 0 Å². The molecule has 1 unspecified atom stereocenters. The first kappa shape index (κ1) is 41.5. The molecule has 0 heterocycles. The van der Waals surface area contributed by atoms with E-state index in [9.17, 15) is 32.4 Å². The van der Waals surface area contributed by atoms with E-state index in [0.717, 1.165) is 32.1 Å². The van der Waals surface area contributed by atoms with E-state index in [1.165, 1.54) is 11.0 Å². The fourth-order valence-corrected chi connectivity index (χ4v) is 9.52. The molecule has 270 valence electrons. The Morgan fingerprint density at radius 2 is 1.69 bits per heavy atom. The molecule has 4 N–H and O–H groups in total. The summed E-state index contributed by atoms with van der Waals surface area (Å²) in [7, 11) is -3.44. The van der Waals surface area contributed by atoms with Crippen LogP contribution < -0.4 is 21.3 Å². The van der Waals surface area contributed by atoms with Crippen LogP contribution in [0, 0.1) is 17.8 Å². The highest BCUT2D eigenvalue weighted by molar-refractivity contribution is 14.1. The predicted molar refractivity (Wildman–Crippen MR) is 195 cm³/mol. The van der Waals surface area contributed by atoms with Crippen molar-refractivity contribution in [2.75, 3.05) is 18.8 Å². The number of hydrogen-bond donors (Lipinski definition) is 4. The van der Waals surface area contributed by atoms with Crippen LogP contribution in [0.15, 0.2) is 12.7 Å². The number of sulfone groups is 1. The van der Waals surface area contributed by atoms with E-state index in [2.05, 4.69) is 33.8 Å². The van der Waals surface area contributed by atoms with Crippen LogP contribution in [-0.4, -0.2) is 88.6 Å². The third-order valence-corrected chi connectivity index (χ3v) is 12.6. The summed E-state index contributed by atoms with van der Waals surface area (Å²) in [5.74, 6) is -0.657. The van der Waals surface area contributed by atoms with E-state index in [-0.39, 0.29) is 36.9 Å². The molecule has 12 nitrogen and oxygen atoms in total. The van der Waals surface area contributed by atoms with E-state index in [1.807, 2.05) is 29.5 Å². The quantitative estimate of drug-likeness (QED) is 0.0436. The predicted octanol–water partition coefficient (Wildman–Crippen LogP) is 3.53. The van der Waals surface area contributed by atoms with Crippen molar-refractivity contribution in [2.45, 2.75) is 132 Å². The largest absolute Gasteiger partial charge is 0.346 e. The second-order valence-electron chi connectivity index (χ2n) is 14.0. The molecule has 0 saturated heterocycles. The van der Waals surface area contributed by atoms with Gasteiger partial charge in [0, 0.05) is 19.5 Å². The average molecular weight is 804 g/mol. The zero-order valence-electron chi connectivity index (χ0n) is 28.9. The maximum absolute atomic E-state index is 14.2. The Kier molecular flexibility index (Phi) is 16.4. The van der Waals surface area contributed by atoms with Gasteiger partial charge >= 0.3 is 6.03 Å². The van der Waals surface area contributed by atoms with E-state index in [4.69, 9.17) is 6.42 Å². The van der Waals surface area contributed by atoms with Crippen LogP contribution in [-0.2, 0) is 29.0 Å². The molecule has 2 saturated carbocycles. The van der Waals surface area contributed by atoms with Crippen LogP contribution in [0.3, 0.4) is 0 Å². The summed E-state index contributed by atoms with van der Waals surface area (Å²) in [4.78, 5) is 67.9. The molecule has 14 heteroatoms. The molecule has 2 fully saturated rings. The van der Waals surface area contributed by atoms with E-state index in [0.29, 0.717) is 32.1 Å². The number of nitrogens with zero attached hydrogens (tertiary/aromatic N) is 1. The first-order valence-electron chi connectivity index (χ1n) is 16.9. The van der Waals surface area contributed by atoms with Crippen LogP contribution in [0.1, 0.15) is 105 Å². The minimum Gasteiger partial charge on any atom is -0.346 e. The summed E-state index contributed by atoms with van der Waals surface area (Å²) in [6.07, 6.45) is 14.1. The summed E-state index contributed by atoms with van der Waals surface area (Å²) in [5.41, 5.74) is -1.72. The summed E-state index contributed by atoms with van der Waals surface area (Å²) in [6.45, 7) is 11.0. The molecular weight excluding hydrogens is 749 g/mol. The van der Waals surface area contributed by atoms with Crippen LogP contribution in [0.2, 0.25) is 0 Å². The van der Waals surface area contributed by atoms with Gasteiger partial charge in [-0.3, -0.25) is 19.2 Å². The summed E-state index contributed by atoms with van der Waals surface area (Å²) in [6, 6.07) is -2.92. The van der Waals surface area contributed by atoms with E-state index in [1.54, 1.807) is 20.8 Å². The normalized spacial score (nSPS) is 18.3. The number of urea groups is 1. The second-order valence-corrected chi connectivity index (χ2v) is 17.4. The van der Waals surface area contributed by atoms with E-state index >= 15 is 0 Å². The Balaban J connectivity index is 2.27. The first-order valence-corrected chi connectivity index (χ1v) is 19.9. The highest BCUT2D eigenvalue weighted by atomic mass is 127. The van der Waals surface area contributed by atoms with Gasteiger partial charge in [-0.15, -0.1) is 18.9 Å². The lowest BCUT2D eigenvalue weighted by Crippen LogP contribution is -2.63. The topological polar surface area (TPSA) is 171 Å². The number of alkyl halides is 1. The fraction of sp³-hybridized carbons (Fsp3) is 0.735. The number of rotatable bonds is 17. The number of halogens is 1. The van der Waals surface area contributed by atoms with Gasteiger partial charge in [-0.25, -0.2) is 13.2 Å². The summed E-state index contributed by atoms with van der Waals surface area (Å²) in [5, 5.41) is 10.4. The molecule has 2 rings (SSSR count). The number of carbonyl (C=O) groups excluding carboxylic acids is 5. The first-order chi connectivity index (χ1) is 22.5. The van der Waals surface area contributed by atoms with Crippen molar-refractivity contribution in [3.63, 3.8) is 0 Å². The van der Waals surface area contributed by atoms with Gasteiger partial charge in [-0.05, 0) is 66.5 Å². The maximum atomic E-state index is 14.2. The van der Waals surface area contributed by atoms with Gasteiger partial charge in [0.2, 0.25) is 11.7 Å². The Morgan fingerprint density at radius 3 is 2.23 bits per heavy atom. The van der Waals surface area contributed by atoms with Gasteiger partial charge in [0.1, 0.15) is 6.04 Å². The average Bonchev–Trinajstić information content (AvgIpc) is 3.58. The number of ketones is 1. The Hall–Kier alpha value is -2.67. The van der Waals surface area contributed by atoms with Gasteiger partial charge in [-0.1, -0.05) is 65.9 Å². The number of nitrogens with one attached hydrogen (secondary N) is 4. The van der Waals surface area contributed by atoms with Crippen molar-refractivity contribution in [1.82, 2.24) is 26.2 Å². The van der Waals surface area contributed by atoms with Gasteiger partial charge in [-0.2, -0.15) is 0 Å². The zero-order valence-corrected chi connectivity index (χ0v) is 31.8. The second kappa shape index (κ2) is 18.9. The molecule has 0 spiro atoms. The third-order valence-electron chi connectivity index (χ3n) is 8.94. The molecule has 3 atom stereocenters. The lowest BCUT2D eigenvalue weighted by molar-refractivity contribution is -0.142. The van der Waals surface area contributed by atoms with Crippen LogP contribution in [0.4, 0.5) is 4.79 Å². The van der Waals surface area contributed by atoms with Crippen molar-refractivity contribution in [1.29, 1.82) is 0 Å². The van der Waals surface area contributed by atoms with Crippen LogP contribution in [0.25, 0.3) is 0 Å². The maximum Gasteiger partial charge on any atom is 0.315 e. The molecular formula is C34H54IN5O7S. The van der Waals surface area contributed by atoms with Crippen molar-refractivity contribution < 1.29 is 32.4 Å². The minimum absolute atomic E-state index is 0.0260. The van der Waals surface area contributed by atoms with Gasteiger partial charge in [0.15, 0.2) is 13.9 Å². The van der Waals surface area contributed by atoms with Crippen LogP contribution >= 0.6 is 22.6 Å². The smallest absolute Gasteiger partial charge is 0.315 e. The van der Waals surface area contributed by atoms with Crippen molar-refractivity contribution >= 4 is 62.0 Å². The molecule has 0 radical (unpaired) electrons. The molecule has 0 aromatic heterocycles. The number of carbonyl (C=O) groups is 5. The standard InChI is InChI=1S/C34H54IN5O7S/c1-7-10-18-25(26(41)29(42)36-21-8-2)37-30(43)28(35)40(22-9-3)31(44)27(33(4,5)6)38-32(45)39-34(19-14-11-15-20-34)23-48(46,47)24-16-12-13-17-24/h1,8,24-25,27-28H,2,9-23H2,3-6H3,(H,36,42)(H,37,43)(H2,38,39,45)/t25?,27-,28-/m1/s1. The van der Waals surface area contributed by atoms with Gasteiger partial charge in [0.05, 0.1) is 22.6 Å². The Labute approximate surface area is 300 Å². The lowest BCUT2D eigenvalue weighted by Gasteiger charge is -2.40. The fourth-order valence-electron chi connectivity index (χ4n) is 6.37. The highest BCUT2D eigenvalue weighted by Gasteiger charge is 2.44. The van der Waals surface area contributed by atoms with Gasteiger partial charge < -0.3 is 26.2 Å². The zero-order chi connectivity index (χ0) is 36.1. The van der Waals surface area contributed by atoms with Gasteiger partial charge in [0.25, 0.3) is 11.8 Å². The monoisotopic (exact) mass is 803 g/mol. The van der Waals surface area contributed by atoms with Crippen molar-refractivity contribution in [2.24, 2.45) is 5.41 Å². The molecule has 5 amide bonds. The number of hydrogen-bond acceptors (Lipinski definition) is 7. The lowest BCUT2D eigenvalue weighted by atomic mass is 9.83. The third kappa shape index (κ3) is 12.0. The number of Topliss-reactive ketones (excluding diaryl/α,β-unsaturated/α-hetero) is 1. The molecule has 0 bridgehead atoms. The molecule has 0 aromatic rings. The molecule has 0 aliphatic heterocycles. The Bertz CT molecular complexity index is 1310. The van der Waals surface area contributed by atoms with Crippen molar-refractivity contribution in [3.05, 3.63) is 12.7 Å². The highest BCUT2D eigenvalue weighted by Crippen LogP contribution is 2.34. The van der Waals surface area contributed by atoms with Crippen molar-refractivity contribution in [3.8, 4) is 12.3 Å². The number of amides is 5. The summed E-state index contributed by atoms with van der Waals surface area (Å²) >= 11 is 1.81. The molecule has 2 aliphatic rings. The summed E-state index contributed by atoms with van der Waals surface area (Å²) < 4.78 is 25.7. The molecule has 0 aromatic carbocycles. The molecule has 48 heavy (non-hydrogen) atoms. The SMILES string of the molecule is C#CCCC(NC(=O)[C@H](I)N(CCC)C(=O)[C@@H](NC(=O)NC1(CS(=O)(=O)C2CCCC2)CCCCC1)C(C)(C)C)C(=O)C(=O)NCC=C. The van der Waals surface area contributed by atoms with E-state index < -0.39 is 66.5 Å². The number of terminal acetylenes is 1. The molecule has 2 aliphatic carbocycles. The Morgan fingerprint density at radius 1 is 1.06 bits per heavy atom.